The molecule has 0 unspecified atom stereocenters. The molecular weight excluding hydrogens is 581 g/mol. The lowest BCUT2D eigenvalue weighted by Gasteiger charge is -2.39. The van der Waals surface area contributed by atoms with Crippen molar-refractivity contribution in [1.29, 1.82) is 0 Å². The van der Waals surface area contributed by atoms with Crippen LogP contribution in [-0.4, -0.2) is 11.8 Å². The molecule has 4 rings (SSSR count). The van der Waals surface area contributed by atoms with E-state index >= 15 is 0 Å². The summed E-state index contributed by atoms with van der Waals surface area (Å²) in [5.74, 6) is 1.74. The van der Waals surface area contributed by atoms with Crippen LogP contribution in [0.4, 0.5) is 0 Å². The van der Waals surface area contributed by atoms with Gasteiger partial charge in [-0.2, -0.15) is 0 Å². The van der Waals surface area contributed by atoms with E-state index in [1.807, 2.05) is 0 Å². The van der Waals surface area contributed by atoms with E-state index in [-0.39, 0.29) is 22.6 Å². The summed E-state index contributed by atoms with van der Waals surface area (Å²) in [6.45, 7) is 9.09. The Morgan fingerprint density at radius 1 is 0.682 bits per heavy atom. The lowest BCUT2D eigenvalue weighted by atomic mass is 9.67. The molecule has 4 nitrogen and oxygen atoms in total. The molecule has 0 spiro atoms. The van der Waals surface area contributed by atoms with Gasteiger partial charge in [0.05, 0.1) is 5.70 Å². The van der Waals surface area contributed by atoms with Crippen LogP contribution in [0.5, 0.6) is 0 Å². The smallest absolute Gasteiger partial charge is 0.230 e. The highest BCUT2D eigenvalue weighted by molar-refractivity contribution is 8.79. The molecule has 0 aliphatic heterocycles. The Bertz CT molecular complexity index is 1080. The van der Waals surface area contributed by atoms with Gasteiger partial charge in [-0.3, -0.25) is 9.59 Å². The van der Waals surface area contributed by atoms with Gasteiger partial charge in [0.1, 0.15) is 0 Å². The van der Waals surface area contributed by atoms with Crippen molar-refractivity contribution in [2.45, 2.75) is 156 Å². The molecule has 4 aliphatic carbocycles. The topological polar surface area (TPSA) is 58.2 Å². The van der Waals surface area contributed by atoms with Crippen molar-refractivity contribution in [2.75, 3.05) is 0 Å². The fraction of sp³-hybridized carbons (Fsp3) is 0.737. The number of hydrogen-bond acceptors (Lipinski definition) is 4. The van der Waals surface area contributed by atoms with E-state index < -0.39 is 0 Å². The minimum Gasteiger partial charge on any atom is -0.328 e. The van der Waals surface area contributed by atoms with E-state index in [9.17, 15) is 9.59 Å². The van der Waals surface area contributed by atoms with Crippen LogP contribution in [0.25, 0.3) is 0 Å². The van der Waals surface area contributed by atoms with E-state index in [4.69, 9.17) is 0 Å². The van der Waals surface area contributed by atoms with Crippen LogP contribution in [0, 0.1) is 22.7 Å². The number of rotatable bonds is 15. The molecule has 2 saturated carbocycles. The van der Waals surface area contributed by atoms with Gasteiger partial charge in [0, 0.05) is 26.3 Å². The van der Waals surface area contributed by atoms with Crippen molar-refractivity contribution in [3.8, 4) is 0 Å². The second kappa shape index (κ2) is 17.5. The molecule has 0 aromatic rings. The summed E-state index contributed by atoms with van der Waals surface area (Å²) in [6.07, 6.45) is 30.4. The maximum absolute atomic E-state index is 14.0. The first-order chi connectivity index (χ1) is 21.4. The van der Waals surface area contributed by atoms with Gasteiger partial charge in [-0.05, 0) is 88.2 Å². The largest absolute Gasteiger partial charge is 0.328 e. The molecule has 0 aromatic carbocycles. The van der Waals surface area contributed by atoms with Crippen LogP contribution < -0.4 is 10.6 Å². The Balaban J connectivity index is 1.49. The number of carbonyl (C=O) groups is 2. The van der Waals surface area contributed by atoms with Crippen molar-refractivity contribution in [2.24, 2.45) is 22.7 Å². The zero-order chi connectivity index (χ0) is 31.4. The zero-order valence-electron chi connectivity index (χ0n) is 28.2. The Labute approximate surface area is 277 Å². The lowest BCUT2D eigenvalue weighted by Crippen LogP contribution is -2.43. The highest BCUT2D eigenvalue weighted by atomic mass is 33.1. The first-order valence-electron chi connectivity index (χ1n) is 18.2. The summed E-state index contributed by atoms with van der Waals surface area (Å²) in [5, 5.41) is 6.95. The van der Waals surface area contributed by atoms with E-state index in [1.54, 1.807) is 21.6 Å². The fourth-order valence-corrected chi connectivity index (χ4v) is 10.6. The minimum atomic E-state index is -0.230. The summed E-state index contributed by atoms with van der Waals surface area (Å²) in [6, 6.07) is 0. The van der Waals surface area contributed by atoms with Crippen LogP contribution in [0.15, 0.2) is 45.5 Å². The van der Waals surface area contributed by atoms with Crippen molar-refractivity contribution in [3.05, 3.63) is 45.5 Å². The predicted octanol–water partition coefficient (Wildman–Crippen LogP) is 11.3. The molecule has 0 aromatic heterocycles. The Hall–Kier alpha value is -1.40. The van der Waals surface area contributed by atoms with Crippen LogP contribution in [0.1, 0.15) is 156 Å². The van der Waals surface area contributed by atoms with Gasteiger partial charge in [-0.25, -0.2) is 0 Å². The van der Waals surface area contributed by atoms with Gasteiger partial charge < -0.3 is 10.6 Å². The molecule has 246 valence electrons. The van der Waals surface area contributed by atoms with Crippen molar-refractivity contribution in [3.63, 3.8) is 0 Å². The molecule has 44 heavy (non-hydrogen) atoms. The third-order valence-corrected chi connectivity index (χ3v) is 13.9. The monoisotopic (exact) mass is 640 g/mol. The first-order valence-corrected chi connectivity index (χ1v) is 20.3. The summed E-state index contributed by atoms with van der Waals surface area (Å²) < 4.78 is 0. The summed E-state index contributed by atoms with van der Waals surface area (Å²) >= 11 is 0. The first kappa shape index (κ1) is 35.5. The number of hydrogen-bond donors (Lipinski definition) is 2. The van der Waals surface area contributed by atoms with Crippen molar-refractivity contribution in [1.82, 2.24) is 10.6 Å². The highest BCUT2D eigenvalue weighted by Gasteiger charge is 2.42. The summed E-state index contributed by atoms with van der Waals surface area (Å²) in [4.78, 5) is 30.5. The molecule has 2 fully saturated rings. The minimum absolute atomic E-state index is 0.218. The Morgan fingerprint density at radius 2 is 1.18 bits per heavy atom. The van der Waals surface area contributed by atoms with Crippen molar-refractivity contribution >= 4 is 33.4 Å². The standard InChI is InChI=1S/C38H60N2O2S2/c1-5-29(6-2)27-37(23-15-9-16-24-37)35(41)39-31-19-11-13-21-33(31)43-44-34-22-14-12-20-32(34)40-36(42)38(25-17-10-18-26-38)28-30(7-3)8-4/h11,14,19,22,29-30H,5-10,12-13,15-18,20-21,23-28H2,1-4H3,(H,39,41)(H,40,42). The van der Waals surface area contributed by atoms with Crippen LogP contribution >= 0.6 is 21.6 Å². The Morgan fingerprint density at radius 3 is 1.73 bits per heavy atom. The van der Waals surface area contributed by atoms with E-state index in [0.717, 1.165) is 119 Å². The fourth-order valence-electron chi connectivity index (χ4n) is 8.07. The zero-order valence-corrected chi connectivity index (χ0v) is 29.9. The van der Waals surface area contributed by atoms with Gasteiger partial charge in [-0.15, -0.1) is 0 Å². The molecule has 2 N–H and O–H groups in total. The van der Waals surface area contributed by atoms with E-state index in [2.05, 4.69) is 62.6 Å². The molecular formula is C38H60N2O2S2. The second-order valence-corrected chi connectivity index (χ2v) is 16.4. The van der Waals surface area contributed by atoms with E-state index in [0.29, 0.717) is 11.8 Å². The molecule has 6 heteroatoms. The molecule has 0 saturated heterocycles. The molecule has 0 radical (unpaired) electrons. The number of nitrogens with one attached hydrogen (secondary N) is 2. The summed E-state index contributed by atoms with van der Waals surface area (Å²) in [7, 11) is 3.53. The Kier molecular flexibility index (Phi) is 14.1. The van der Waals surface area contributed by atoms with Gasteiger partial charge in [0.15, 0.2) is 0 Å². The van der Waals surface area contributed by atoms with Gasteiger partial charge in [0.25, 0.3) is 0 Å². The third kappa shape index (κ3) is 9.11. The molecule has 4 aliphatic rings. The quantitative estimate of drug-likeness (QED) is 0.175. The predicted molar refractivity (Wildman–Crippen MR) is 191 cm³/mol. The van der Waals surface area contributed by atoms with Gasteiger partial charge in [0.2, 0.25) is 11.8 Å². The molecule has 2 amide bonds. The van der Waals surface area contributed by atoms with Gasteiger partial charge >= 0.3 is 0 Å². The number of amides is 2. The number of allylic oxidation sites excluding steroid dienone is 6. The molecule has 0 atom stereocenters. The molecule has 0 bridgehead atoms. The second-order valence-electron chi connectivity index (χ2n) is 14.1. The van der Waals surface area contributed by atoms with E-state index in [1.165, 1.54) is 30.6 Å². The average Bonchev–Trinajstić information content (AvgIpc) is 3.07. The van der Waals surface area contributed by atoms with Gasteiger partial charge in [-0.1, -0.05) is 126 Å². The summed E-state index contributed by atoms with van der Waals surface area (Å²) in [5.41, 5.74) is 1.63. The van der Waals surface area contributed by atoms with Crippen LogP contribution in [-0.2, 0) is 9.59 Å². The van der Waals surface area contributed by atoms with Crippen LogP contribution in [0.2, 0.25) is 0 Å². The maximum atomic E-state index is 14.0. The highest BCUT2D eigenvalue weighted by Crippen LogP contribution is 2.47. The number of carbonyl (C=O) groups excluding carboxylic acids is 2. The third-order valence-electron chi connectivity index (χ3n) is 11.2. The normalized spacial score (nSPS) is 21.7. The maximum Gasteiger partial charge on any atom is 0.230 e. The van der Waals surface area contributed by atoms with Crippen molar-refractivity contribution < 1.29 is 9.59 Å². The lowest BCUT2D eigenvalue weighted by molar-refractivity contribution is -0.134. The molecule has 0 heterocycles. The van der Waals surface area contributed by atoms with Crippen LogP contribution in [0.3, 0.4) is 0 Å². The average molecular weight is 641 g/mol. The SMILES string of the molecule is CCC(CC)CC1(C(=O)NC2=C(SSC3=C(NC(=O)C4(CC(CC)CC)CCCCC4)CCC=C3)CCC=C2)CCCCC1.